The normalized spacial score (nSPS) is 26.8. The summed E-state index contributed by atoms with van der Waals surface area (Å²) in [6.07, 6.45) is 1.66. The molecule has 9 nitrogen and oxygen atoms in total. The van der Waals surface area contributed by atoms with Crippen LogP contribution in [0.4, 0.5) is 10.3 Å². The fourth-order valence-corrected chi connectivity index (χ4v) is 5.83. The van der Waals surface area contributed by atoms with Crippen molar-refractivity contribution >= 4 is 28.6 Å². The highest BCUT2D eigenvalue weighted by atomic mass is 35.5. The number of aliphatic hydroxyl groups excluding tert-OH is 1. The number of nitrogens with one attached hydrogen (secondary N) is 1. The first kappa shape index (κ1) is 24.0. The molecule has 0 amide bonds. The lowest BCUT2D eigenvalue weighted by Crippen LogP contribution is -2.55. The average Bonchev–Trinajstić information content (AvgIpc) is 3.27. The van der Waals surface area contributed by atoms with Gasteiger partial charge >= 0.3 is 0 Å². The van der Waals surface area contributed by atoms with Crippen molar-refractivity contribution in [2.45, 2.75) is 76.7 Å². The molecule has 3 aliphatic rings. The second-order valence-corrected chi connectivity index (χ2v) is 11.3. The Balaban J connectivity index is 1.41. The number of halogens is 2. The molecule has 6 rings (SSSR count). The smallest absolute Gasteiger partial charge is 0.223 e. The van der Waals surface area contributed by atoms with Crippen LogP contribution in [0.1, 0.15) is 52.4 Å². The van der Waals surface area contributed by atoms with Gasteiger partial charge in [0, 0.05) is 17.0 Å². The van der Waals surface area contributed by atoms with E-state index in [1.165, 1.54) is 12.3 Å². The van der Waals surface area contributed by atoms with Crippen molar-refractivity contribution in [1.29, 1.82) is 0 Å². The number of rotatable bonds is 5. The van der Waals surface area contributed by atoms with Gasteiger partial charge in [0.25, 0.3) is 0 Å². The van der Waals surface area contributed by atoms with Gasteiger partial charge in [-0.15, -0.1) is 0 Å². The van der Waals surface area contributed by atoms with Crippen LogP contribution in [0.15, 0.2) is 18.3 Å². The van der Waals surface area contributed by atoms with E-state index in [1.807, 2.05) is 18.4 Å². The molecule has 11 heteroatoms. The number of benzene rings is 1. The highest BCUT2D eigenvalue weighted by Crippen LogP contribution is 2.59. The van der Waals surface area contributed by atoms with E-state index in [4.69, 9.17) is 21.1 Å². The minimum atomic E-state index is -1.26. The Hall–Kier alpha value is -2.37. The maximum absolute atomic E-state index is 15.3. The fraction of sp³-hybridized carbons (Fsp3) is 0.560. The number of nitrogens with zero attached hydrogens (tertiary/aromatic N) is 4. The van der Waals surface area contributed by atoms with Gasteiger partial charge < -0.3 is 29.6 Å². The molecular weight excluding hydrogens is 489 g/mol. The molecular formula is C25H29ClFN5O4. The molecule has 192 valence electrons. The topological polar surface area (TPSA) is 115 Å². The Bertz CT molecular complexity index is 1350. The van der Waals surface area contributed by atoms with Crippen LogP contribution < -0.4 is 5.32 Å². The number of hydrogen-bond acceptors (Lipinski definition) is 8. The lowest BCUT2D eigenvalue weighted by molar-refractivity contribution is -0.177. The number of hydrogen-bond donors (Lipinski definition) is 3. The predicted octanol–water partition coefficient (Wildman–Crippen LogP) is 3.77. The van der Waals surface area contributed by atoms with Gasteiger partial charge in [-0.2, -0.15) is 0 Å². The Morgan fingerprint density at radius 1 is 1.28 bits per heavy atom. The lowest BCUT2D eigenvalue weighted by atomic mass is 9.85. The minimum absolute atomic E-state index is 0.0760. The standard InChI is InChI=1S/C25H29ClFN5O4/c1-11(2)32-15-8-12(7-14(27)18(15)29-22(32)24(3,4)34)17-13(26)9-28-23(30-17)31-20-19(33)21-35-10-16(36-21)25(20)5-6-25/h7-9,11,16,19-21,33-34H,5-6,10H2,1-4H3,(H,28,30,31)/t16-,19+,20+,21-/m1/s1. The molecule has 2 aromatic heterocycles. The third-order valence-electron chi connectivity index (χ3n) is 7.53. The van der Waals surface area contributed by atoms with E-state index < -0.39 is 23.8 Å². The summed E-state index contributed by atoms with van der Waals surface area (Å²) in [7, 11) is 0. The van der Waals surface area contributed by atoms with Crippen molar-refractivity contribution in [3.8, 4) is 11.3 Å². The van der Waals surface area contributed by atoms with Crippen LogP contribution in [-0.2, 0) is 15.1 Å². The quantitative estimate of drug-likeness (QED) is 0.468. The third kappa shape index (κ3) is 3.61. The second kappa shape index (κ2) is 8.06. The Morgan fingerprint density at radius 3 is 2.69 bits per heavy atom. The van der Waals surface area contributed by atoms with Crippen LogP contribution >= 0.6 is 11.6 Å². The molecule has 1 aromatic carbocycles. The molecule has 3 N–H and O–H groups in total. The van der Waals surface area contributed by atoms with Crippen molar-refractivity contribution in [2.24, 2.45) is 5.41 Å². The molecule has 4 atom stereocenters. The highest BCUT2D eigenvalue weighted by Gasteiger charge is 2.65. The van der Waals surface area contributed by atoms with Crippen LogP contribution in [0.5, 0.6) is 0 Å². The number of anilines is 1. The SMILES string of the molecule is CC(C)n1c(C(C)(C)O)nc2c(F)cc(-c3nc(N[C@H]4[C@H](O)[C@@H]5OC[C@@H](O5)C45CC5)ncc3Cl)cc21. The van der Waals surface area contributed by atoms with E-state index in [0.29, 0.717) is 29.2 Å². The van der Waals surface area contributed by atoms with E-state index in [-0.39, 0.29) is 40.1 Å². The van der Waals surface area contributed by atoms with Gasteiger partial charge in [0.05, 0.1) is 41.2 Å². The van der Waals surface area contributed by atoms with E-state index in [1.54, 1.807) is 19.9 Å². The van der Waals surface area contributed by atoms with Crippen LogP contribution in [0, 0.1) is 11.2 Å². The summed E-state index contributed by atoms with van der Waals surface area (Å²) in [6, 6.07) is 2.70. The minimum Gasteiger partial charge on any atom is -0.386 e. The second-order valence-electron chi connectivity index (χ2n) is 10.8. The average molecular weight is 518 g/mol. The zero-order valence-electron chi connectivity index (χ0n) is 20.5. The molecule has 2 bridgehead atoms. The molecule has 0 radical (unpaired) electrons. The summed E-state index contributed by atoms with van der Waals surface area (Å²) in [5.41, 5.74) is 0.0269. The molecule has 1 spiro atoms. The molecule has 3 fully saturated rings. The molecule has 36 heavy (non-hydrogen) atoms. The Kier molecular flexibility index (Phi) is 5.37. The number of aliphatic hydroxyl groups is 2. The largest absolute Gasteiger partial charge is 0.386 e. The van der Waals surface area contributed by atoms with E-state index >= 15 is 4.39 Å². The lowest BCUT2D eigenvalue weighted by Gasteiger charge is -2.39. The predicted molar refractivity (Wildman–Crippen MR) is 131 cm³/mol. The van der Waals surface area contributed by atoms with Gasteiger partial charge in [0.15, 0.2) is 12.1 Å². The summed E-state index contributed by atoms with van der Waals surface area (Å²) < 4.78 is 28.6. The van der Waals surface area contributed by atoms with Crippen molar-refractivity contribution in [3.05, 3.63) is 35.0 Å². The third-order valence-corrected chi connectivity index (χ3v) is 7.81. The van der Waals surface area contributed by atoms with Crippen molar-refractivity contribution in [3.63, 3.8) is 0 Å². The molecule has 2 aliphatic heterocycles. The van der Waals surface area contributed by atoms with Gasteiger partial charge in [-0.05, 0) is 52.7 Å². The van der Waals surface area contributed by atoms with Crippen molar-refractivity contribution in [1.82, 2.24) is 19.5 Å². The Labute approximate surface area is 212 Å². The van der Waals surface area contributed by atoms with E-state index in [2.05, 4.69) is 20.3 Å². The molecule has 1 saturated carbocycles. The summed E-state index contributed by atoms with van der Waals surface area (Å²) in [5, 5.41) is 25.1. The maximum atomic E-state index is 15.3. The van der Waals surface area contributed by atoms with E-state index in [0.717, 1.165) is 12.8 Å². The number of fused-ring (bicyclic) bond motifs is 4. The van der Waals surface area contributed by atoms with Crippen LogP contribution in [-0.4, -0.2) is 60.9 Å². The van der Waals surface area contributed by atoms with Gasteiger partial charge in [0.1, 0.15) is 23.0 Å². The monoisotopic (exact) mass is 517 g/mol. The molecule has 0 unspecified atom stereocenters. The van der Waals surface area contributed by atoms with E-state index in [9.17, 15) is 10.2 Å². The number of ether oxygens (including phenoxy) is 2. The van der Waals surface area contributed by atoms with Crippen molar-refractivity contribution < 1.29 is 24.1 Å². The van der Waals surface area contributed by atoms with Gasteiger partial charge in [-0.3, -0.25) is 0 Å². The zero-order chi connectivity index (χ0) is 25.6. The summed E-state index contributed by atoms with van der Waals surface area (Å²) in [5.74, 6) is 0.114. The molecule has 2 saturated heterocycles. The van der Waals surface area contributed by atoms with Crippen molar-refractivity contribution in [2.75, 3.05) is 11.9 Å². The van der Waals surface area contributed by atoms with Crippen LogP contribution in [0.3, 0.4) is 0 Å². The Morgan fingerprint density at radius 2 is 2.03 bits per heavy atom. The first-order chi connectivity index (χ1) is 17.0. The van der Waals surface area contributed by atoms with Gasteiger partial charge in [-0.25, -0.2) is 19.3 Å². The first-order valence-electron chi connectivity index (χ1n) is 12.2. The van der Waals surface area contributed by atoms with Gasteiger partial charge in [-0.1, -0.05) is 11.6 Å². The summed E-state index contributed by atoms with van der Waals surface area (Å²) >= 11 is 6.48. The number of imidazole rings is 1. The maximum Gasteiger partial charge on any atom is 0.223 e. The first-order valence-corrected chi connectivity index (χ1v) is 12.6. The zero-order valence-corrected chi connectivity index (χ0v) is 21.3. The summed E-state index contributed by atoms with van der Waals surface area (Å²) in [4.78, 5) is 13.4. The number of aromatic nitrogens is 4. The fourth-order valence-electron chi connectivity index (χ4n) is 5.63. The molecule has 1 aliphatic carbocycles. The van der Waals surface area contributed by atoms with Crippen LogP contribution in [0.25, 0.3) is 22.3 Å². The van der Waals surface area contributed by atoms with Gasteiger partial charge in [0.2, 0.25) is 5.95 Å². The highest BCUT2D eigenvalue weighted by molar-refractivity contribution is 6.33. The van der Waals surface area contributed by atoms with Crippen LogP contribution in [0.2, 0.25) is 5.02 Å². The molecule has 4 heterocycles. The summed E-state index contributed by atoms with van der Waals surface area (Å²) in [6.45, 7) is 7.61. The molecule has 3 aromatic rings.